The Kier molecular flexibility index (Phi) is 3.31. The van der Waals surface area contributed by atoms with Crippen molar-refractivity contribution in [2.24, 2.45) is 0 Å². The van der Waals surface area contributed by atoms with Crippen molar-refractivity contribution in [1.82, 2.24) is 10.2 Å². The van der Waals surface area contributed by atoms with E-state index < -0.39 is 35.8 Å². The number of nitrogens with one attached hydrogen (secondary N) is 1. The highest BCUT2D eigenvalue weighted by molar-refractivity contribution is 6.24. The molecule has 23 heavy (non-hydrogen) atoms. The van der Waals surface area contributed by atoms with Crippen LogP contribution in [0, 0.1) is 0 Å². The number of carbonyl (C=O) groups is 4. The number of piperidine rings is 1. The number of amides is 4. The number of rotatable bonds is 2. The molecule has 1 saturated heterocycles. The molecule has 2 heterocycles. The number of benzene rings is 1. The second-order valence-electron chi connectivity index (χ2n) is 6.01. The third-order valence-corrected chi connectivity index (χ3v) is 4.21. The fraction of sp³-hybridized carbons (Fsp3) is 0.375. The molecule has 3 rings (SSSR count). The fourth-order valence-corrected chi connectivity index (χ4v) is 3.01. The van der Waals surface area contributed by atoms with Crippen LogP contribution in [0.2, 0.25) is 0 Å². The minimum atomic E-state index is -2.84. The van der Waals surface area contributed by atoms with Crippen molar-refractivity contribution in [3.05, 3.63) is 34.9 Å². The molecule has 1 aromatic rings. The Labute approximate surface area is 131 Å². The van der Waals surface area contributed by atoms with Crippen LogP contribution in [0.3, 0.4) is 0 Å². The van der Waals surface area contributed by atoms with Gasteiger partial charge in [-0.3, -0.25) is 24.5 Å². The lowest BCUT2D eigenvalue weighted by Crippen LogP contribution is -2.61. The van der Waals surface area contributed by atoms with E-state index in [4.69, 9.17) is 0 Å². The van der Waals surface area contributed by atoms with Crippen LogP contribution in [0.5, 0.6) is 0 Å². The Morgan fingerprint density at radius 1 is 1.17 bits per heavy atom. The summed E-state index contributed by atoms with van der Waals surface area (Å²) in [5.74, 6) is -6.45. The number of nitrogens with zero attached hydrogens (tertiary/aromatic N) is 1. The molecule has 4 amide bonds. The number of halogens is 1. The van der Waals surface area contributed by atoms with Gasteiger partial charge in [-0.15, -0.1) is 0 Å². The van der Waals surface area contributed by atoms with Crippen molar-refractivity contribution in [3.8, 4) is 0 Å². The first kappa shape index (κ1) is 15.3. The van der Waals surface area contributed by atoms with Crippen LogP contribution >= 0.6 is 0 Å². The normalized spacial score (nSPS) is 24.3. The van der Waals surface area contributed by atoms with Crippen LogP contribution in [0.15, 0.2) is 18.2 Å². The summed E-state index contributed by atoms with van der Waals surface area (Å²) in [6.07, 6.45) is -0.799. The fourth-order valence-electron chi connectivity index (χ4n) is 3.01. The van der Waals surface area contributed by atoms with Gasteiger partial charge in [0.1, 0.15) is 0 Å². The highest BCUT2D eigenvalue weighted by Crippen LogP contribution is 2.37. The van der Waals surface area contributed by atoms with Gasteiger partial charge >= 0.3 is 0 Å². The van der Waals surface area contributed by atoms with E-state index in [1.807, 2.05) is 19.2 Å². The minimum absolute atomic E-state index is 0.0426. The quantitative estimate of drug-likeness (QED) is 0.662. The van der Waals surface area contributed by atoms with E-state index in [1.54, 1.807) is 12.1 Å². The number of hydrogen-bond donors (Lipinski definition) is 1. The summed E-state index contributed by atoms with van der Waals surface area (Å²) in [5, 5.41) is 1.85. The number of fused-ring (bicyclic) bond motifs is 1. The molecule has 0 bridgehead atoms. The average molecular weight is 318 g/mol. The van der Waals surface area contributed by atoms with Crippen LogP contribution < -0.4 is 5.32 Å². The topological polar surface area (TPSA) is 83.6 Å². The molecule has 0 saturated carbocycles. The summed E-state index contributed by atoms with van der Waals surface area (Å²) in [4.78, 5) is 48.7. The highest BCUT2D eigenvalue weighted by Gasteiger charge is 2.57. The largest absolute Gasteiger partial charge is 0.292 e. The Bertz CT molecular complexity index is 758. The van der Waals surface area contributed by atoms with Gasteiger partial charge in [-0.25, -0.2) is 9.29 Å². The van der Waals surface area contributed by atoms with E-state index in [1.165, 1.54) is 6.07 Å². The number of imide groups is 2. The Morgan fingerprint density at radius 3 is 2.48 bits per heavy atom. The lowest BCUT2D eigenvalue weighted by Gasteiger charge is -2.34. The maximum Gasteiger partial charge on any atom is 0.285 e. The van der Waals surface area contributed by atoms with Crippen molar-refractivity contribution >= 4 is 23.6 Å². The summed E-state index contributed by atoms with van der Waals surface area (Å²) in [6.45, 7) is 3.71. The first-order valence-electron chi connectivity index (χ1n) is 7.32. The van der Waals surface area contributed by atoms with Gasteiger partial charge in [-0.2, -0.15) is 0 Å². The van der Waals surface area contributed by atoms with E-state index in [0.717, 1.165) is 0 Å². The van der Waals surface area contributed by atoms with Gasteiger partial charge in [-0.05, 0) is 17.5 Å². The summed E-state index contributed by atoms with van der Waals surface area (Å²) >= 11 is 0. The SMILES string of the molecule is CC(C)c1cccc2c1C(=O)N(C1(F)CCC(=O)NC1=O)C2=O. The zero-order chi connectivity index (χ0) is 16.9. The molecule has 0 aliphatic carbocycles. The zero-order valence-electron chi connectivity index (χ0n) is 12.7. The predicted molar refractivity (Wildman–Crippen MR) is 77.3 cm³/mol. The Hall–Kier alpha value is -2.57. The third-order valence-electron chi connectivity index (χ3n) is 4.21. The molecule has 6 nitrogen and oxygen atoms in total. The first-order chi connectivity index (χ1) is 10.8. The summed E-state index contributed by atoms with van der Waals surface area (Å²) in [6, 6.07) is 4.77. The van der Waals surface area contributed by atoms with E-state index in [-0.39, 0.29) is 23.5 Å². The third kappa shape index (κ3) is 2.07. The second-order valence-corrected chi connectivity index (χ2v) is 6.01. The maximum atomic E-state index is 15.2. The van der Waals surface area contributed by atoms with Gasteiger partial charge in [0.15, 0.2) is 0 Å². The van der Waals surface area contributed by atoms with Crippen LogP contribution in [0.25, 0.3) is 0 Å². The highest BCUT2D eigenvalue weighted by atomic mass is 19.1. The van der Waals surface area contributed by atoms with Crippen LogP contribution in [0.1, 0.15) is 58.9 Å². The lowest BCUT2D eigenvalue weighted by molar-refractivity contribution is -0.151. The molecule has 0 radical (unpaired) electrons. The second kappa shape index (κ2) is 4.97. The summed E-state index contributed by atoms with van der Waals surface area (Å²) in [5.41, 5.74) is 0.844. The van der Waals surface area contributed by atoms with Gasteiger partial charge in [0.05, 0.1) is 11.1 Å². The molecule has 0 aromatic heterocycles. The predicted octanol–water partition coefficient (Wildman–Crippen LogP) is 1.51. The molecular weight excluding hydrogens is 303 g/mol. The monoisotopic (exact) mass is 318 g/mol. The van der Waals surface area contributed by atoms with Gasteiger partial charge < -0.3 is 0 Å². The maximum absolute atomic E-state index is 15.2. The minimum Gasteiger partial charge on any atom is -0.292 e. The molecule has 120 valence electrons. The average Bonchev–Trinajstić information content (AvgIpc) is 2.76. The first-order valence-corrected chi connectivity index (χ1v) is 7.32. The van der Waals surface area contributed by atoms with Gasteiger partial charge in [0.25, 0.3) is 23.5 Å². The lowest BCUT2D eigenvalue weighted by atomic mass is 9.94. The van der Waals surface area contributed by atoms with E-state index in [0.29, 0.717) is 10.5 Å². The Balaban J connectivity index is 2.09. The zero-order valence-corrected chi connectivity index (χ0v) is 12.7. The van der Waals surface area contributed by atoms with Gasteiger partial charge in [0, 0.05) is 12.8 Å². The van der Waals surface area contributed by atoms with Crippen LogP contribution in [-0.2, 0) is 9.59 Å². The Morgan fingerprint density at radius 2 is 1.87 bits per heavy atom. The molecule has 2 aliphatic rings. The van der Waals surface area contributed by atoms with E-state index >= 15 is 4.39 Å². The smallest absolute Gasteiger partial charge is 0.285 e. The van der Waals surface area contributed by atoms with Crippen LogP contribution in [0.4, 0.5) is 4.39 Å². The van der Waals surface area contributed by atoms with Gasteiger partial charge in [-0.1, -0.05) is 26.0 Å². The van der Waals surface area contributed by atoms with Crippen LogP contribution in [-0.4, -0.2) is 34.3 Å². The standard InChI is InChI=1S/C16H15FN2O4/c1-8(2)9-4-3-5-10-12(9)14(22)19(13(10)21)16(17)7-6-11(20)18-15(16)23/h3-5,8H,6-7H2,1-2H3,(H,18,20,23). The van der Waals surface area contributed by atoms with Crippen molar-refractivity contribution in [2.75, 3.05) is 0 Å². The molecule has 0 spiro atoms. The van der Waals surface area contributed by atoms with Crippen molar-refractivity contribution in [2.45, 2.75) is 38.4 Å². The molecular formula is C16H15FN2O4. The summed E-state index contributed by atoms with van der Waals surface area (Å²) < 4.78 is 15.2. The molecule has 1 fully saturated rings. The number of carbonyl (C=O) groups excluding carboxylic acids is 4. The molecule has 1 unspecified atom stereocenters. The number of hydrogen-bond acceptors (Lipinski definition) is 4. The van der Waals surface area contributed by atoms with Crippen molar-refractivity contribution in [3.63, 3.8) is 0 Å². The molecule has 1 atom stereocenters. The molecule has 7 heteroatoms. The van der Waals surface area contributed by atoms with Gasteiger partial charge in [0.2, 0.25) is 5.91 Å². The number of alkyl halides is 1. The molecule has 2 aliphatic heterocycles. The van der Waals surface area contributed by atoms with E-state index in [9.17, 15) is 19.2 Å². The van der Waals surface area contributed by atoms with Crippen molar-refractivity contribution < 1.29 is 23.6 Å². The summed E-state index contributed by atoms with van der Waals surface area (Å²) in [7, 11) is 0. The molecule has 1 aromatic carbocycles. The van der Waals surface area contributed by atoms with E-state index in [2.05, 4.69) is 0 Å². The van der Waals surface area contributed by atoms with Crippen molar-refractivity contribution in [1.29, 1.82) is 0 Å². The molecule has 1 N–H and O–H groups in total.